The van der Waals surface area contributed by atoms with Crippen molar-refractivity contribution in [1.29, 1.82) is 0 Å². The van der Waals surface area contributed by atoms with Gasteiger partial charge in [0.25, 0.3) is 0 Å². The second-order valence-electron chi connectivity index (χ2n) is 4.91. The van der Waals surface area contributed by atoms with Crippen molar-refractivity contribution in [3.63, 3.8) is 0 Å². The fourth-order valence-electron chi connectivity index (χ4n) is 2.47. The molecule has 0 radical (unpaired) electrons. The minimum Gasteiger partial charge on any atom is -0.271 e. The SMILES string of the molecule is NNC(Cc1ccccc1Cl)c1cc2c(s1)CCSC2. The van der Waals surface area contributed by atoms with Gasteiger partial charge in [-0.2, -0.15) is 11.8 Å². The van der Waals surface area contributed by atoms with Crippen LogP contribution in [0.2, 0.25) is 5.02 Å². The average Bonchev–Trinajstić information content (AvgIpc) is 2.90. The van der Waals surface area contributed by atoms with E-state index in [2.05, 4.69) is 17.6 Å². The van der Waals surface area contributed by atoms with E-state index >= 15 is 0 Å². The highest BCUT2D eigenvalue weighted by molar-refractivity contribution is 7.98. The van der Waals surface area contributed by atoms with Gasteiger partial charge in [-0.25, -0.2) is 0 Å². The first-order valence-electron chi connectivity index (χ1n) is 6.66. The van der Waals surface area contributed by atoms with E-state index in [-0.39, 0.29) is 6.04 Å². The quantitative estimate of drug-likeness (QED) is 0.661. The van der Waals surface area contributed by atoms with Gasteiger partial charge in [-0.05, 0) is 41.9 Å². The average molecular weight is 325 g/mol. The highest BCUT2D eigenvalue weighted by atomic mass is 35.5. The van der Waals surface area contributed by atoms with Crippen LogP contribution in [0.15, 0.2) is 30.3 Å². The monoisotopic (exact) mass is 324 g/mol. The van der Waals surface area contributed by atoms with Crippen molar-refractivity contribution in [2.45, 2.75) is 24.6 Å². The van der Waals surface area contributed by atoms with E-state index in [1.807, 2.05) is 41.3 Å². The number of nitrogens with two attached hydrogens (primary N) is 1. The summed E-state index contributed by atoms with van der Waals surface area (Å²) in [5, 5.41) is 0.810. The molecule has 0 saturated heterocycles. The minimum absolute atomic E-state index is 0.135. The van der Waals surface area contributed by atoms with Gasteiger partial charge >= 0.3 is 0 Å². The second-order valence-corrected chi connectivity index (χ2v) is 7.60. The largest absolute Gasteiger partial charge is 0.271 e. The van der Waals surface area contributed by atoms with E-state index in [0.717, 1.165) is 22.8 Å². The van der Waals surface area contributed by atoms with E-state index in [9.17, 15) is 0 Å². The molecule has 1 aromatic carbocycles. The zero-order valence-corrected chi connectivity index (χ0v) is 13.5. The van der Waals surface area contributed by atoms with Gasteiger partial charge in [0.05, 0.1) is 6.04 Å². The van der Waals surface area contributed by atoms with Crippen molar-refractivity contribution in [2.75, 3.05) is 5.75 Å². The van der Waals surface area contributed by atoms with Gasteiger partial charge in [0.1, 0.15) is 0 Å². The molecule has 0 saturated carbocycles. The van der Waals surface area contributed by atoms with Crippen molar-refractivity contribution in [1.82, 2.24) is 5.43 Å². The third-order valence-electron chi connectivity index (χ3n) is 3.57. The molecule has 20 heavy (non-hydrogen) atoms. The Morgan fingerprint density at radius 3 is 2.95 bits per heavy atom. The zero-order chi connectivity index (χ0) is 13.9. The predicted octanol–water partition coefficient (Wildman–Crippen LogP) is 3.94. The van der Waals surface area contributed by atoms with Crippen LogP contribution in [0.5, 0.6) is 0 Å². The Labute approximate surface area is 132 Å². The number of thioether (sulfide) groups is 1. The van der Waals surface area contributed by atoms with Gasteiger partial charge < -0.3 is 0 Å². The Kier molecular flexibility index (Phi) is 4.68. The molecule has 106 valence electrons. The van der Waals surface area contributed by atoms with Gasteiger partial charge in [-0.1, -0.05) is 29.8 Å². The first-order chi connectivity index (χ1) is 9.78. The van der Waals surface area contributed by atoms with Crippen LogP contribution >= 0.6 is 34.7 Å². The number of hydrogen-bond acceptors (Lipinski definition) is 4. The van der Waals surface area contributed by atoms with Crippen molar-refractivity contribution in [3.8, 4) is 0 Å². The molecule has 1 unspecified atom stereocenters. The summed E-state index contributed by atoms with van der Waals surface area (Å²) < 4.78 is 0. The third-order valence-corrected chi connectivity index (χ3v) is 6.30. The maximum atomic E-state index is 6.25. The smallest absolute Gasteiger partial charge is 0.0594 e. The van der Waals surface area contributed by atoms with Crippen LogP contribution in [0.4, 0.5) is 0 Å². The maximum Gasteiger partial charge on any atom is 0.0594 e. The fraction of sp³-hybridized carbons (Fsp3) is 0.333. The fourth-order valence-corrected chi connectivity index (χ4v) is 5.12. The Balaban J connectivity index is 1.83. The van der Waals surface area contributed by atoms with Gasteiger partial charge in [-0.15, -0.1) is 11.3 Å². The molecule has 3 rings (SSSR count). The number of hydrazine groups is 1. The summed E-state index contributed by atoms with van der Waals surface area (Å²) in [7, 11) is 0. The van der Waals surface area contributed by atoms with Gasteiger partial charge in [0.15, 0.2) is 0 Å². The lowest BCUT2D eigenvalue weighted by Gasteiger charge is -2.15. The topological polar surface area (TPSA) is 38.0 Å². The van der Waals surface area contributed by atoms with Gasteiger partial charge in [-0.3, -0.25) is 11.3 Å². The van der Waals surface area contributed by atoms with Crippen LogP contribution in [0.25, 0.3) is 0 Å². The standard InChI is InChI=1S/C15H17ClN2S2/c16-12-4-2-1-3-10(12)7-13(18-17)15-8-11-9-19-6-5-14(11)20-15/h1-4,8,13,18H,5-7,9,17H2. The molecular formula is C15H17ClN2S2. The summed E-state index contributed by atoms with van der Waals surface area (Å²) >= 11 is 10.2. The normalized spacial score (nSPS) is 15.9. The number of thiophene rings is 1. The number of rotatable bonds is 4. The molecule has 0 aliphatic carbocycles. The van der Waals surface area contributed by atoms with E-state index in [1.165, 1.54) is 27.5 Å². The van der Waals surface area contributed by atoms with Crippen LogP contribution in [0.1, 0.15) is 26.9 Å². The van der Waals surface area contributed by atoms with Gasteiger partial charge in [0.2, 0.25) is 0 Å². The molecule has 0 fully saturated rings. The van der Waals surface area contributed by atoms with E-state index in [1.54, 1.807) is 0 Å². The third kappa shape index (κ3) is 3.05. The van der Waals surface area contributed by atoms with Crippen molar-refractivity contribution in [3.05, 3.63) is 56.2 Å². The maximum absolute atomic E-state index is 6.25. The summed E-state index contributed by atoms with van der Waals surface area (Å²) in [5.41, 5.74) is 5.57. The van der Waals surface area contributed by atoms with Gasteiger partial charge in [0, 0.05) is 20.5 Å². The lowest BCUT2D eigenvalue weighted by Crippen LogP contribution is -2.29. The molecule has 1 aliphatic heterocycles. The highest BCUT2D eigenvalue weighted by Gasteiger charge is 2.19. The van der Waals surface area contributed by atoms with Crippen LogP contribution in [-0.4, -0.2) is 5.75 Å². The summed E-state index contributed by atoms with van der Waals surface area (Å²) in [4.78, 5) is 2.85. The number of halogens is 1. The lowest BCUT2D eigenvalue weighted by atomic mass is 10.0. The molecule has 0 spiro atoms. The summed E-state index contributed by atoms with van der Waals surface area (Å²) in [6.07, 6.45) is 2.01. The van der Waals surface area contributed by atoms with E-state index < -0.39 is 0 Å². The van der Waals surface area contributed by atoms with Crippen LogP contribution in [-0.2, 0) is 18.6 Å². The molecule has 1 aliphatic rings. The Morgan fingerprint density at radius 1 is 1.35 bits per heavy atom. The van der Waals surface area contributed by atoms with Crippen LogP contribution in [0.3, 0.4) is 0 Å². The molecule has 2 heterocycles. The molecule has 0 bridgehead atoms. The lowest BCUT2D eigenvalue weighted by molar-refractivity contribution is 0.560. The zero-order valence-electron chi connectivity index (χ0n) is 11.1. The minimum atomic E-state index is 0.135. The van der Waals surface area contributed by atoms with Crippen LogP contribution in [0, 0.1) is 0 Å². The molecule has 2 aromatic rings. The Hall–Kier alpha value is -0.520. The number of aryl methyl sites for hydroxylation is 1. The van der Waals surface area contributed by atoms with Crippen molar-refractivity contribution < 1.29 is 0 Å². The number of benzene rings is 1. The predicted molar refractivity (Wildman–Crippen MR) is 89.4 cm³/mol. The first kappa shape index (κ1) is 14.4. The molecule has 0 amide bonds. The van der Waals surface area contributed by atoms with E-state index in [4.69, 9.17) is 17.4 Å². The summed E-state index contributed by atoms with van der Waals surface area (Å²) in [6, 6.07) is 10.4. The Bertz CT molecular complexity index is 574. The van der Waals surface area contributed by atoms with Crippen molar-refractivity contribution >= 4 is 34.7 Å². The summed E-state index contributed by atoms with van der Waals surface area (Å²) in [6.45, 7) is 0. The molecule has 1 atom stereocenters. The molecule has 2 nitrogen and oxygen atoms in total. The Morgan fingerprint density at radius 2 is 2.20 bits per heavy atom. The number of nitrogens with one attached hydrogen (secondary N) is 1. The summed E-state index contributed by atoms with van der Waals surface area (Å²) in [5.74, 6) is 8.14. The van der Waals surface area contributed by atoms with E-state index in [0.29, 0.717) is 0 Å². The number of hydrogen-bond donors (Lipinski definition) is 2. The molecule has 1 aromatic heterocycles. The number of fused-ring (bicyclic) bond motifs is 1. The van der Waals surface area contributed by atoms with Crippen LogP contribution < -0.4 is 11.3 Å². The highest BCUT2D eigenvalue weighted by Crippen LogP contribution is 2.35. The molecular weight excluding hydrogens is 308 g/mol. The molecule has 3 N–H and O–H groups in total. The molecule has 5 heteroatoms. The first-order valence-corrected chi connectivity index (χ1v) is 9.01. The second kappa shape index (κ2) is 6.50. The van der Waals surface area contributed by atoms with Crippen molar-refractivity contribution in [2.24, 2.45) is 5.84 Å².